The number of aromatic nitrogens is 2. The molecule has 82 valence electrons. The minimum atomic E-state index is 0.784. The number of hydrogen-bond acceptors (Lipinski definition) is 2. The molecular formula is C12H19N3. The van der Waals surface area contributed by atoms with Crippen molar-refractivity contribution in [3.63, 3.8) is 0 Å². The largest absolute Gasteiger partial charge is 0.310 e. The van der Waals surface area contributed by atoms with Crippen LogP contribution in [0, 0.1) is 0 Å². The molecule has 3 nitrogen and oxygen atoms in total. The summed E-state index contributed by atoms with van der Waals surface area (Å²) in [5.41, 5.74) is 2.57. The van der Waals surface area contributed by atoms with E-state index in [9.17, 15) is 0 Å². The van der Waals surface area contributed by atoms with Crippen LogP contribution in [0.4, 0.5) is 0 Å². The highest BCUT2D eigenvalue weighted by molar-refractivity contribution is 5.50. The highest BCUT2D eigenvalue weighted by atomic mass is 15.3. The Morgan fingerprint density at radius 1 is 1.67 bits per heavy atom. The maximum absolute atomic E-state index is 4.25. The molecule has 1 N–H and O–H groups in total. The molecule has 0 amide bonds. The van der Waals surface area contributed by atoms with Crippen molar-refractivity contribution in [1.82, 2.24) is 15.1 Å². The minimum absolute atomic E-state index is 0.784. The summed E-state index contributed by atoms with van der Waals surface area (Å²) in [4.78, 5) is 0. The second kappa shape index (κ2) is 4.62. The first-order chi connectivity index (χ1) is 7.28. The van der Waals surface area contributed by atoms with Gasteiger partial charge in [0, 0.05) is 30.9 Å². The molecule has 0 aromatic carbocycles. The normalized spacial score (nSPS) is 17.1. The molecule has 1 aromatic rings. The molecule has 0 radical (unpaired) electrons. The lowest BCUT2D eigenvalue weighted by Crippen LogP contribution is -2.18. The zero-order valence-electron chi connectivity index (χ0n) is 9.53. The van der Waals surface area contributed by atoms with E-state index in [-0.39, 0.29) is 0 Å². The van der Waals surface area contributed by atoms with Gasteiger partial charge in [-0.3, -0.25) is 4.68 Å². The van der Waals surface area contributed by atoms with E-state index in [1.165, 1.54) is 24.0 Å². The summed E-state index contributed by atoms with van der Waals surface area (Å²) in [6.07, 6.45) is 8.90. The Hall–Kier alpha value is -1.09. The predicted molar refractivity (Wildman–Crippen MR) is 62.6 cm³/mol. The first kappa shape index (κ1) is 10.4. The molecule has 1 fully saturated rings. The third kappa shape index (κ3) is 3.20. The third-order valence-corrected chi connectivity index (χ3v) is 2.64. The first-order valence-corrected chi connectivity index (χ1v) is 5.71. The smallest absolute Gasteiger partial charge is 0.0562 e. The fourth-order valence-electron chi connectivity index (χ4n) is 1.56. The number of nitrogens with zero attached hydrogens (tertiary/aromatic N) is 2. The molecule has 1 saturated carbocycles. The predicted octanol–water partition coefficient (Wildman–Crippen LogP) is 2.06. The van der Waals surface area contributed by atoms with Crippen LogP contribution in [0.2, 0.25) is 0 Å². The van der Waals surface area contributed by atoms with E-state index in [2.05, 4.69) is 36.5 Å². The van der Waals surface area contributed by atoms with Crippen molar-refractivity contribution in [3.8, 4) is 0 Å². The fourth-order valence-corrected chi connectivity index (χ4v) is 1.56. The van der Waals surface area contributed by atoms with Crippen LogP contribution < -0.4 is 5.32 Å². The van der Waals surface area contributed by atoms with Crippen LogP contribution in [0.25, 0.3) is 6.08 Å². The van der Waals surface area contributed by atoms with Gasteiger partial charge in [-0.15, -0.1) is 0 Å². The van der Waals surface area contributed by atoms with Crippen LogP contribution in [0.5, 0.6) is 0 Å². The standard InChI is InChI=1S/C12H19N3/c1-3-15-9-11(8-14-15)6-10(2)7-13-12-4-5-12/h6,8-9,12-13H,3-5,7H2,1-2H3/b10-6-. The summed E-state index contributed by atoms with van der Waals surface area (Å²) < 4.78 is 1.95. The highest BCUT2D eigenvalue weighted by Gasteiger charge is 2.19. The molecule has 0 saturated heterocycles. The summed E-state index contributed by atoms with van der Waals surface area (Å²) >= 11 is 0. The van der Waals surface area contributed by atoms with E-state index in [1.54, 1.807) is 0 Å². The fraction of sp³-hybridized carbons (Fsp3) is 0.583. The van der Waals surface area contributed by atoms with Gasteiger partial charge in [-0.2, -0.15) is 5.10 Å². The van der Waals surface area contributed by atoms with Crippen LogP contribution in [-0.4, -0.2) is 22.4 Å². The van der Waals surface area contributed by atoms with Gasteiger partial charge in [0.05, 0.1) is 6.20 Å². The Labute approximate surface area is 91.2 Å². The summed E-state index contributed by atoms with van der Waals surface area (Å²) in [6, 6.07) is 0.784. The second-order valence-corrected chi connectivity index (χ2v) is 4.28. The van der Waals surface area contributed by atoms with Crippen LogP contribution in [0.3, 0.4) is 0 Å². The van der Waals surface area contributed by atoms with E-state index in [1.807, 2.05) is 10.9 Å². The average Bonchev–Trinajstić information content (AvgIpc) is 2.96. The SMILES string of the molecule is CCn1cc(/C=C(/C)CNC2CC2)cn1. The van der Waals surface area contributed by atoms with Gasteiger partial charge < -0.3 is 5.32 Å². The summed E-state index contributed by atoms with van der Waals surface area (Å²) in [5, 5.41) is 7.75. The van der Waals surface area contributed by atoms with Crippen molar-refractivity contribution in [1.29, 1.82) is 0 Å². The Balaban J connectivity index is 1.88. The Bertz CT molecular complexity index is 348. The quantitative estimate of drug-likeness (QED) is 0.797. The molecule has 0 spiro atoms. The molecule has 0 aliphatic heterocycles. The van der Waals surface area contributed by atoms with Gasteiger partial charge in [0.15, 0.2) is 0 Å². The van der Waals surface area contributed by atoms with E-state index in [0.29, 0.717) is 0 Å². The first-order valence-electron chi connectivity index (χ1n) is 5.71. The number of aryl methyl sites for hydroxylation is 1. The van der Waals surface area contributed by atoms with Gasteiger partial charge in [-0.25, -0.2) is 0 Å². The number of hydrogen-bond donors (Lipinski definition) is 1. The average molecular weight is 205 g/mol. The third-order valence-electron chi connectivity index (χ3n) is 2.64. The van der Waals surface area contributed by atoms with Gasteiger partial charge in [-0.05, 0) is 26.7 Å². The number of rotatable bonds is 5. The highest BCUT2D eigenvalue weighted by Crippen LogP contribution is 2.18. The summed E-state index contributed by atoms with van der Waals surface area (Å²) in [7, 11) is 0. The molecule has 0 unspecified atom stereocenters. The minimum Gasteiger partial charge on any atom is -0.310 e. The van der Waals surface area contributed by atoms with E-state index in [4.69, 9.17) is 0 Å². The van der Waals surface area contributed by atoms with Gasteiger partial charge in [0.25, 0.3) is 0 Å². The second-order valence-electron chi connectivity index (χ2n) is 4.28. The van der Waals surface area contributed by atoms with E-state index in [0.717, 1.165) is 19.1 Å². The molecular weight excluding hydrogens is 186 g/mol. The monoisotopic (exact) mass is 205 g/mol. The van der Waals surface area contributed by atoms with Crippen molar-refractivity contribution < 1.29 is 0 Å². The maximum atomic E-state index is 4.25. The Morgan fingerprint density at radius 3 is 3.07 bits per heavy atom. The zero-order chi connectivity index (χ0) is 10.7. The van der Waals surface area contributed by atoms with Crippen molar-refractivity contribution in [2.45, 2.75) is 39.3 Å². The van der Waals surface area contributed by atoms with Crippen LogP contribution in [-0.2, 0) is 6.54 Å². The molecule has 1 aromatic heterocycles. The van der Waals surface area contributed by atoms with Crippen molar-refractivity contribution in [2.24, 2.45) is 0 Å². The lowest BCUT2D eigenvalue weighted by atomic mass is 10.2. The molecule has 0 atom stereocenters. The molecule has 1 aliphatic carbocycles. The molecule has 0 bridgehead atoms. The topological polar surface area (TPSA) is 29.9 Å². The van der Waals surface area contributed by atoms with Crippen molar-refractivity contribution >= 4 is 6.08 Å². The number of nitrogens with one attached hydrogen (secondary N) is 1. The summed E-state index contributed by atoms with van der Waals surface area (Å²) in [5.74, 6) is 0. The summed E-state index contributed by atoms with van der Waals surface area (Å²) in [6.45, 7) is 6.20. The lowest BCUT2D eigenvalue weighted by Gasteiger charge is -2.01. The molecule has 15 heavy (non-hydrogen) atoms. The van der Waals surface area contributed by atoms with Gasteiger partial charge >= 0.3 is 0 Å². The van der Waals surface area contributed by atoms with Crippen molar-refractivity contribution in [2.75, 3.05) is 6.54 Å². The van der Waals surface area contributed by atoms with Gasteiger partial charge in [0.1, 0.15) is 0 Å². The molecule has 2 rings (SSSR count). The van der Waals surface area contributed by atoms with Crippen LogP contribution >= 0.6 is 0 Å². The van der Waals surface area contributed by atoms with Gasteiger partial charge in [-0.1, -0.05) is 11.6 Å². The van der Waals surface area contributed by atoms with E-state index >= 15 is 0 Å². The Kier molecular flexibility index (Phi) is 3.21. The molecule has 3 heteroatoms. The molecule has 1 heterocycles. The Morgan fingerprint density at radius 2 is 2.47 bits per heavy atom. The van der Waals surface area contributed by atoms with Crippen LogP contribution in [0.15, 0.2) is 18.0 Å². The zero-order valence-corrected chi connectivity index (χ0v) is 9.53. The van der Waals surface area contributed by atoms with E-state index < -0.39 is 0 Å². The van der Waals surface area contributed by atoms with Crippen LogP contribution in [0.1, 0.15) is 32.3 Å². The maximum Gasteiger partial charge on any atom is 0.0562 e. The lowest BCUT2D eigenvalue weighted by molar-refractivity contribution is 0.660. The molecule has 1 aliphatic rings. The van der Waals surface area contributed by atoms with Crippen molar-refractivity contribution in [3.05, 3.63) is 23.5 Å². The van der Waals surface area contributed by atoms with Gasteiger partial charge in [0.2, 0.25) is 0 Å².